The lowest BCUT2D eigenvalue weighted by atomic mass is 10.2. The first-order valence-electron chi connectivity index (χ1n) is 6.06. The summed E-state index contributed by atoms with van der Waals surface area (Å²) in [6.45, 7) is 4.60. The number of nitrogens with zero attached hydrogens (tertiary/aromatic N) is 2. The van der Waals surface area contributed by atoms with Gasteiger partial charge in [0.2, 0.25) is 0 Å². The number of hydrogen-bond acceptors (Lipinski definition) is 3. The summed E-state index contributed by atoms with van der Waals surface area (Å²) in [5.74, 6) is -0.801. The molecule has 1 heterocycles. The van der Waals surface area contributed by atoms with Crippen molar-refractivity contribution < 1.29 is 9.90 Å². The second-order valence-electron chi connectivity index (χ2n) is 4.13. The fourth-order valence-electron chi connectivity index (χ4n) is 1.74. The molecule has 0 aliphatic rings. The van der Waals surface area contributed by atoms with E-state index in [9.17, 15) is 4.79 Å². The molecule has 4 heteroatoms. The molecule has 0 spiro atoms. The van der Waals surface area contributed by atoms with Crippen LogP contribution in [0, 0.1) is 0 Å². The topological polar surface area (TPSA) is 53.4 Å². The molecule has 0 radical (unpaired) electrons. The van der Waals surface area contributed by atoms with Gasteiger partial charge in [0.25, 0.3) is 0 Å². The van der Waals surface area contributed by atoms with E-state index in [1.165, 1.54) is 0 Å². The molecule has 1 rings (SSSR count). The van der Waals surface area contributed by atoms with Gasteiger partial charge in [0.05, 0.1) is 11.9 Å². The summed E-state index contributed by atoms with van der Waals surface area (Å²) in [5, 5.41) is 9.11. The minimum Gasteiger partial charge on any atom is -0.480 e. The van der Waals surface area contributed by atoms with Crippen molar-refractivity contribution in [3.05, 3.63) is 24.5 Å². The second kappa shape index (κ2) is 6.89. The van der Waals surface area contributed by atoms with Crippen LogP contribution in [0.4, 0.5) is 5.69 Å². The van der Waals surface area contributed by atoms with Crippen molar-refractivity contribution in [2.45, 2.75) is 39.2 Å². The van der Waals surface area contributed by atoms with Crippen LogP contribution >= 0.6 is 0 Å². The van der Waals surface area contributed by atoms with Gasteiger partial charge in [0, 0.05) is 12.7 Å². The second-order valence-corrected chi connectivity index (χ2v) is 4.13. The molecule has 94 valence electrons. The number of aliphatic carboxylic acids is 1. The normalized spacial score (nSPS) is 12.1. The maximum absolute atomic E-state index is 11.1. The van der Waals surface area contributed by atoms with Crippen molar-refractivity contribution >= 4 is 11.7 Å². The first kappa shape index (κ1) is 13.5. The van der Waals surface area contributed by atoms with Crippen molar-refractivity contribution in [2.24, 2.45) is 0 Å². The third-order valence-electron chi connectivity index (χ3n) is 2.81. The van der Waals surface area contributed by atoms with E-state index in [-0.39, 0.29) is 0 Å². The summed E-state index contributed by atoms with van der Waals surface area (Å²) >= 11 is 0. The van der Waals surface area contributed by atoms with Crippen LogP contribution in [0.3, 0.4) is 0 Å². The van der Waals surface area contributed by atoms with Gasteiger partial charge in [0.15, 0.2) is 0 Å². The number of unbranched alkanes of at least 4 members (excludes halogenated alkanes) is 2. The molecule has 0 saturated heterocycles. The quantitative estimate of drug-likeness (QED) is 0.739. The highest BCUT2D eigenvalue weighted by Gasteiger charge is 2.20. The molecule has 0 aromatic carbocycles. The number of carboxylic acid groups (broad SMARTS) is 1. The van der Waals surface area contributed by atoms with Gasteiger partial charge in [-0.05, 0) is 25.5 Å². The molecule has 1 atom stereocenters. The lowest BCUT2D eigenvalue weighted by Crippen LogP contribution is -2.39. The molecule has 1 N–H and O–H groups in total. The Morgan fingerprint density at radius 3 is 2.82 bits per heavy atom. The van der Waals surface area contributed by atoms with Gasteiger partial charge in [-0.2, -0.15) is 0 Å². The van der Waals surface area contributed by atoms with Crippen LogP contribution < -0.4 is 4.90 Å². The zero-order valence-electron chi connectivity index (χ0n) is 10.5. The molecule has 1 aromatic heterocycles. The molecule has 0 bridgehead atoms. The van der Waals surface area contributed by atoms with Gasteiger partial charge in [-0.25, -0.2) is 4.79 Å². The highest BCUT2D eigenvalue weighted by molar-refractivity contribution is 5.77. The van der Waals surface area contributed by atoms with E-state index in [0.29, 0.717) is 0 Å². The van der Waals surface area contributed by atoms with Gasteiger partial charge < -0.3 is 10.0 Å². The molecular formula is C13H20N2O2. The highest BCUT2D eigenvalue weighted by atomic mass is 16.4. The molecule has 1 aromatic rings. The SMILES string of the molecule is CCCCCN(c1cccnc1)C(C)C(=O)O. The minimum absolute atomic E-state index is 0.518. The Bertz CT molecular complexity index is 341. The Kier molecular flexibility index (Phi) is 5.46. The van der Waals surface area contributed by atoms with Gasteiger partial charge in [-0.3, -0.25) is 4.98 Å². The average Bonchev–Trinajstić information content (AvgIpc) is 2.35. The van der Waals surface area contributed by atoms with E-state index in [2.05, 4.69) is 11.9 Å². The number of rotatable bonds is 7. The predicted octanol–water partition coefficient (Wildman–Crippen LogP) is 2.55. The molecule has 17 heavy (non-hydrogen) atoms. The summed E-state index contributed by atoms with van der Waals surface area (Å²) in [6, 6.07) is 3.21. The summed E-state index contributed by atoms with van der Waals surface area (Å²) in [6.07, 6.45) is 6.65. The van der Waals surface area contributed by atoms with E-state index < -0.39 is 12.0 Å². The number of anilines is 1. The molecule has 0 aliphatic carbocycles. The lowest BCUT2D eigenvalue weighted by molar-refractivity contribution is -0.138. The third kappa shape index (κ3) is 4.06. The maximum atomic E-state index is 11.1. The van der Waals surface area contributed by atoms with Crippen LogP contribution in [0.15, 0.2) is 24.5 Å². The van der Waals surface area contributed by atoms with Crippen LogP contribution in [0.1, 0.15) is 33.1 Å². The Labute approximate surface area is 102 Å². The molecule has 0 saturated carbocycles. The Balaban J connectivity index is 2.75. The van der Waals surface area contributed by atoms with Crippen LogP contribution in [-0.4, -0.2) is 28.6 Å². The Morgan fingerprint density at radius 1 is 1.53 bits per heavy atom. The number of aromatic nitrogens is 1. The van der Waals surface area contributed by atoms with Crippen LogP contribution in [0.5, 0.6) is 0 Å². The third-order valence-corrected chi connectivity index (χ3v) is 2.81. The van der Waals surface area contributed by atoms with Crippen LogP contribution in [0.25, 0.3) is 0 Å². The summed E-state index contributed by atoms with van der Waals surface area (Å²) in [4.78, 5) is 17.0. The van der Waals surface area contributed by atoms with E-state index in [4.69, 9.17) is 5.11 Å². The number of carboxylic acids is 1. The fraction of sp³-hybridized carbons (Fsp3) is 0.538. The fourth-order valence-corrected chi connectivity index (χ4v) is 1.74. The summed E-state index contributed by atoms with van der Waals surface area (Å²) < 4.78 is 0. The number of carbonyl (C=O) groups is 1. The minimum atomic E-state index is -0.801. The first-order chi connectivity index (χ1) is 8.16. The van der Waals surface area contributed by atoms with E-state index in [1.54, 1.807) is 19.3 Å². The van der Waals surface area contributed by atoms with Crippen molar-refractivity contribution in [1.82, 2.24) is 4.98 Å². The lowest BCUT2D eigenvalue weighted by Gasteiger charge is -2.28. The van der Waals surface area contributed by atoms with Crippen molar-refractivity contribution in [3.63, 3.8) is 0 Å². The molecule has 4 nitrogen and oxygen atoms in total. The first-order valence-corrected chi connectivity index (χ1v) is 6.06. The van der Waals surface area contributed by atoms with E-state index in [1.807, 2.05) is 17.0 Å². The van der Waals surface area contributed by atoms with Crippen molar-refractivity contribution in [1.29, 1.82) is 0 Å². The smallest absolute Gasteiger partial charge is 0.326 e. The van der Waals surface area contributed by atoms with Crippen LogP contribution in [0.2, 0.25) is 0 Å². The molecular weight excluding hydrogens is 216 g/mol. The van der Waals surface area contributed by atoms with Gasteiger partial charge in [-0.1, -0.05) is 19.8 Å². The maximum Gasteiger partial charge on any atom is 0.326 e. The average molecular weight is 236 g/mol. The van der Waals surface area contributed by atoms with Crippen LogP contribution in [-0.2, 0) is 4.79 Å². The van der Waals surface area contributed by atoms with E-state index in [0.717, 1.165) is 31.5 Å². The predicted molar refractivity (Wildman–Crippen MR) is 68.2 cm³/mol. The molecule has 0 aliphatic heterocycles. The zero-order chi connectivity index (χ0) is 12.7. The highest BCUT2D eigenvalue weighted by Crippen LogP contribution is 2.16. The number of pyridine rings is 1. The standard InChI is InChI=1S/C13H20N2O2/c1-3-4-5-9-15(11(2)13(16)17)12-7-6-8-14-10-12/h6-8,10-11H,3-5,9H2,1-2H3,(H,16,17). The largest absolute Gasteiger partial charge is 0.480 e. The molecule has 0 fully saturated rings. The Morgan fingerprint density at radius 2 is 2.29 bits per heavy atom. The van der Waals surface area contributed by atoms with Gasteiger partial charge >= 0.3 is 5.97 Å². The number of hydrogen-bond donors (Lipinski definition) is 1. The summed E-state index contributed by atoms with van der Waals surface area (Å²) in [7, 11) is 0. The Hall–Kier alpha value is -1.58. The van der Waals surface area contributed by atoms with Gasteiger partial charge in [-0.15, -0.1) is 0 Å². The summed E-state index contributed by atoms with van der Waals surface area (Å²) in [5.41, 5.74) is 0.874. The van der Waals surface area contributed by atoms with Gasteiger partial charge in [0.1, 0.15) is 6.04 Å². The molecule has 1 unspecified atom stereocenters. The molecule has 0 amide bonds. The monoisotopic (exact) mass is 236 g/mol. The van der Waals surface area contributed by atoms with Crippen molar-refractivity contribution in [2.75, 3.05) is 11.4 Å². The van der Waals surface area contributed by atoms with E-state index >= 15 is 0 Å². The van der Waals surface area contributed by atoms with Crippen molar-refractivity contribution in [3.8, 4) is 0 Å². The zero-order valence-corrected chi connectivity index (χ0v) is 10.5.